The topological polar surface area (TPSA) is 107 Å². The minimum absolute atomic E-state index is 0.0155. The smallest absolute Gasteiger partial charge is 0.326 e. The summed E-state index contributed by atoms with van der Waals surface area (Å²) in [7, 11) is 2.72. The number of aliphatic hydroxyl groups is 1. The van der Waals surface area contributed by atoms with E-state index in [1.54, 1.807) is 0 Å². The number of aliphatic hydroxyl groups excluding tert-OH is 1. The number of nitrogens with zero attached hydrogens (tertiary/aromatic N) is 2. The highest BCUT2D eigenvalue weighted by atomic mass is 16.5. The summed E-state index contributed by atoms with van der Waals surface area (Å²) in [6, 6.07) is -1.55. The van der Waals surface area contributed by atoms with Crippen molar-refractivity contribution in [2.75, 3.05) is 27.2 Å². The molecule has 1 saturated heterocycles. The molecule has 8 heteroatoms. The van der Waals surface area contributed by atoms with Crippen molar-refractivity contribution < 1.29 is 29.3 Å². The molecule has 1 rings (SSSR count). The highest BCUT2D eigenvalue weighted by Gasteiger charge is 2.40. The van der Waals surface area contributed by atoms with Gasteiger partial charge < -0.3 is 24.7 Å². The maximum absolute atomic E-state index is 12.0. The van der Waals surface area contributed by atoms with E-state index in [-0.39, 0.29) is 25.9 Å². The molecule has 2 unspecified atom stereocenters. The molecule has 1 fully saturated rings. The van der Waals surface area contributed by atoms with Crippen LogP contribution >= 0.6 is 0 Å². The Hall–Kier alpha value is -1.83. The van der Waals surface area contributed by atoms with Gasteiger partial charge in [0.25, 0.3) is 0 Å². The predicted octanol–water partition coefficient (Wildman–Crippen LogP) is -0.879. The van der Waals surface area contributed by atoms with E-state index >= 15 is 0 Å². The zero-order valence-corrected chi connectivity index (χ0v) is 10.9. The lowest BCUT2D eigenvalue weighted by Crippen LogP contribution is -2.47. The second-order valence-electron chi connectivity index (χ2n) is 4.43. The first-order valence-electron chi connectivity index (χ1n) is 5.86. The summed E-state index contributed by atoms with van der Waals surface area (Å²) in [4.78, 5) is 36.4. The minimum Gasteiger partial charge on any atom is -0.480 e. The van der Waals surface area contributed by atoms with Gasteiger partial charge in [-0.05, 0) is 0 Å². The predicted molar refractivity (Wildman–Crippen MR) is 63.4 cm³/mol. The van der Waals surface area contributed by atoms with Crippen molar-refractivity contribution in [1.29, 1.82) is 0 Å². The molecule has 8 nitrogen and oxygen atoms in total. The van der Waals surface area contributed by atoms with Crippen LogP contribution in [0.1, 0.15) is 12.8 Å². The largest absolute Gasteiger partial charge is 0.480 e. The Labute approximate surface area is 110 Å². The highest BCUT2D eigenvalue weighted by molar-refractivity contribution is 5.83. The fourth-order valence-corrected chi connectivity index (χ4v) is 1.94. The van der Waals surface area contributed by atoms with Crippen LogP contribution in [-0.2, 0) is 14.3 Å². The second kappa shape index (κ2) is 6.37. The highest BCUT2D eigenvalue weighted by Crippen LogP contribution is 2.19. The monoisotopic (exact) mass is 274 g/mol. The van der Waals surface area contributed by atoms with E-state index in [1.807, 2.05) is 0 Å². The number of carbonyl (C=O) groups is 3. The van der Waals surface area contributed by atoms with Crippen LogP contribution in [0.5, 0.6) is 0 Å². The molecule has 0 bridgehead atoms. The van der Waals surface area contributed by atoms with Crippen LogP contribution in [0.2, 0.25) is 0 Å². The number of carboxylic acids is 1. The molecule has 0 aromatic heterocycles. The molecule has 0 saturated carbocycles. The fraction of sp³-hybridized carbons (Fsp3) is 0.727. The summed E-state index contributed by atoms with van der Waals surface area (Å²) < 4.78 is 4.46. The van der Waals surface area contributed by atoms with Crippen molar-refractivity contribution in [3.8, 4) is 0 Å². The lowest BCUT2D eigenvalue weighted by molar-refractivity contribution is -0.142. The van der Waals surface area contributed by atoms with E-state index in [9.17, 15) is 19.5 Å². The van der Waals surface area contributed by atoms with Crippen molar-refractivity contribution in [2.45, 2.75) is 25.0 Å². The average molecular weight is 274 g/mol. The van der Waals surface area contributed by atoms with Gasteiger partial charge in [0.15, 0.2) is 0 Å². The van der Waals surface area contributed by atoms with Gasteiger partial charge >= 0.3 is 18.0 Å². The number of hydrogen-bond acceptors (Lipinski definition) is 5. The van der Waals surface area contributed by atoms with Crippen molar-refractivity contribution in [3.05, 3.63) is 0 Å². The van der Waals surface area contributed by atoms with Crippen LogP contribution in [0.25, 0.3) is 0 Å². The van der Waals surface area contributed by atoms with Gasteiger partial charge in [-0.25, -0.2) is 9.59 Å². The summed E-state index contributed by atoms with van der Waals surface area (Å²) in [6.07, 6.45) is -0.780. The van der Waals surface area contributed by atoms with E-state index in [2.05, 4.69) is 4.74 Å². The first-order valence-corrected chi connectivity index (χ1v) is 5.86. The van der Waals surface area contributed by atoms with Crippen LogP contribution in [-0.4, -0.2) is 77.4 Å². The Morgan fingerprint density at radius 2 is 2.05 bits per heavy atom. The molecule has 2 amide bonds. The number of methoxy groups -OCH3 is 1. The summed E-state index contributed by atoms with van der Waals surface area (Å²) in [6.45, 7) is 0.114. The van der Waals surface area contributed by atoms with Gasteiger partial charge in [-0.2, -0.15) is 0 Å². The number of ether oxygens (including phenoxy) is 1. The number of amides is 2. The van der Waals surface area contributed by atoms with E-state index < -0.39 is 30.1 Å². The molecular weight excluding hydrogens is 256 g/mol. The van der Waals surface area contributed by atoms with Gasteiger partial charge in [-0.1, -0.05) is 0 Å². The third-order valence-corrected chi connectivity index (χ3v) is 3.02. The minimum atomic E-state index is -1.15. The summed E-state index contributed by atoms with van der Waals surface area (Å²) in [5.41, 5.74) is 0. The summed E-state index contributed by atoms with van der Waals surface area (Å²) in [5, 5.41) is 18.4. The van der Waals surface area contributed by atoms with E-state index in [1.165, 1.54) is 19.1 Å². The first kappa shape index (κ1) is 15.2. The molecule has 1 heterocycles. The van der Waals surface area contributed by atoms with Crippen LogP contribution in [0.3, 0.4) is 0 Å². The molecule has 108 valence electrons. The van der Waals surface area contributed by atoms with Crippen molar-refractivity contribution >= 4 is 18.0 Å². The maximum Gasteiger partial charge on any atom is 0.326 e. The van der Waals surface area contributed by atoms with Crippen LogP contribution in [0.4, 0.5) is 4.79 Å². The normalized spacial score (nSPS) is 22.2. The molecule has 0 radical (unpaired) electrons. The van der Waals surface area contributed by atoms with Gasteiger partial charge in [0, 0.05) is 26.6 Å². The van der Waals surface area contributed by atoms with Gasteiger partial charge in [0.05, 0.1) is 19.6 Å². The number of aliphatic carboxylic acids is 1. The lowest BCUT2D eigenvalue weighted by atomic mass is 10.2. The number of rotatable bonds is 4. The lowest BCUT2D eigenvalue weighted by Gasteiger charge is -2.27. The van der Waals surface area contributed by atoms with Gasteiger partial charge in [0.2, 0.25) is 0 Å². The van der Waals surface area contributed by atoms with Gasteiger partial charge in [0.1, 0.15) is 6.04 Å². The zero-order valence-electron chi connectivity index (χ0n) is 10.9. The fourth-order valence-electron chi connectivity index (χ4n) is 1.94. The molecule has 0 aromatic carbocycles. The van der Waals surface area contributed by atoms with E-state index in [0.29, 0.717) is 0 Å². The van der Waals surface area contributed by atoms with Crippen molar-refractivity contribution in [3.63, 3.8) is 0 Å². The third-order valence-electron chi connectivity index (χ3n) is 3.02. The van der Waals surface area contributed by atoms with Gasteiger partial charge in [-0.15, -0.1) is 0 Å². The molecule has 2 atom stereocenters. The summed E-state index contributed by atoms with van der Waals surface area (Å²) in [5.74, 6) is -1.60. The molecule has 2 N–H and O–H groups in total. The zero-order chi connectivity index (χ0) is 14.6. The standard InChI is InChI=1S/C11H18N2O6/c1-12(4-3-9(15)19-2)11(18)13-6-7(14)5-8(13)10(16)17/h7-8,14H,3-6H2,1-2H3,(H,16,17). The Kier molecular flexibility index (Phi) is 5.11. The molecule has 0 aromatic rings. The third kappa shape index (κ3) is 3.82. The first-order chi connectivity index (χ1) is 8.86. The number of esters is 1. The Morgan fingerprint density at radius 1 is 1.42 bits per heavy atom. The van der Waals surface area contributed by atoms with E-state index in [0.717, 1.165) is 4.90 Å². The number of carboxylic acid groups (broad SMARTS) is 1. The Morgan fingerprint density at radius 3 is 2.58 bits per heavy atom. The number of urea groups is 1. The molecule has 19 heavy (non-hydrogen) atoms. The quantitative estimate of drug-likeness (QED) is 0.645. The van der Waals surface area contributed by atoms with Crippen LogP contribution < -0.4 is 0 Å². The Balaban J connectivity index is 2.60. The van der Waals surface area contributed by atoms with Crippen LogP contribution in [0, 0.1) is 0 Å². The molecule has 0 aliphatic carbocycles. The number of carbonyl (C=O) groups excluding carboxylic acids is 2. The average Bonchev–Trinajstić information content (AvgIpc) is 2.76. The van der Waals surface area contributed by atoms with Gasteiger partial charge in [-0.3, -0.25) is 4.79 Å². The van der Waals surface area contributed by atoms with E-state index in [4.69, 9.17) is 5.11 Å². The SMILES string of the molecule is COC(=O)CCN(C)C(=O)N1CC(O)CC1C(=O)O. The molecule has 1 aliphatic heterocycles. The number of β-amino-alcohol motifs (C(OH)–C–C–N with tert-alkyl or cyclic N) is 1. The molecule has 0 spiro atoms. The molecule has 1 aliphatic rings. The maximum atomic E-state index is 12.0. The number of likely N-dealkylation sites (tertiary alicyclic amines) is 1. The van der Waals surface area contributed by atoms with Crippen LogP contribution in [0.15, 0.2) is 0 Å². The Bertz CT molecular complexity index is 372. The van der Waals surface area contributed by atoms with Crippen molar-refractivity contribution in [2.24, 2.45) is 0 Å². The summed E-state index contributed by atoms with van der Waals surface area (Å²) >= 11 is 0. The second-order valence-corrected chi connectivity index (χ2v) is 4.43. The number of hydrogen-bond donors (Lipinski definition) is 2. The van der Waals surface area contributed by atoms with Crippen molar-refractivity contribution in [1.82, 2.24) is 9.80 Å². The molecular formula is C11H18N2O6.